The molecule has 4 nitrogen and oxygen atoms in total. The minimum absolute atomic E-state index is 0.00699. The third kappa shape index (κ3) is 1.74. The summed E-state index contributed by atoms with van der Waals surface area (Å²) in [4.78, 5) is 26.6. The summed E-state index contributed by atoms with van der Waals surface area (Å²) < 4.78 is 0. The van der Waals surface area contributed by atoms with E-state index in [9.17, 15) is 9.59 Å². The first-order valence-corrected chi connectivity index (χ1v) is 6.59. The summed E-state index contributed by atoms with van der Waals surface area (Å²) in [6.45, 7) is 6.37. The van der Waals surface area contributed by atoms with Gasteiger partial charge < -0.3 is 10.2 Å². The van der Waals surface area contributed by atoms with Crippen LogP contribution in [0.4, 0.5) is 0 Å². The number of hydrogen-bond donors (Lipinski definition) is 1. The summed E-state index contributed by atoms with van der Waals surface area (Å²) in [5.41, 5.74) is -1.29. The van der Waals surface area contributed by atoms with Gasteiger partial charge in [0.2, 0.25) is 11.8 Å². The minimum Gasteiger partial charge on any atom is -0.340 e. The predicted molar refractivity (Wildman–Crippen MR) is 65.4 cm³/mol. The van der Waals surface area contributed by atoms with Crippen molar-refractivity contribution >= 4 is 11.8 Å². The van der Waals surface area contributed by atoms with Crippen molar-refractivity contribution in [3.05, 3.63) is 0 Å². The van der Waals surface area contributed by atoms with E-state index in [1.807, 2.05) is 20.8 Å². The molecule has 2 aliphatic rings. The largest absolute Gasteiger partial charge is 0.340 e. The van der Waals surface area contributed by atoms with Gasteiger partial charge in [-0.25, -0.2) is 0 Å². The Balaban J connectivity index is 2.33. The molecule has 2 amide bonds. The first-order chi connectivity index (χ1) is 7.94. The lowest BCUT2D eigenvalue weighted by Gasteiger charge is -2.48. The van der Waals surface area contributed by atoms with Crippen LogP contribution in [0.1, 0.15) is 52.9 Å². The van der Waals surface area contributed by atoms with Crippen LogP contribution < -0.4 is 5.32 Å². The highest BCUT2D eigenvalue weighted by atomic mass is 16.2. The van der Waals surface area contributed by atoms with Crippen LogP contribution in [-0.2, 0) is 9.59 Å². The van der Waals surface area contributed by atoms with Crippen LogP contribution in [0.25, 0.3) is 0 Å². The molecule has 0 atom stereocenters. The third-order valence-electron chi connectivity index (χ3n) is 4.14. The van der Waals surface area contributed by atoms with Crippen molar-refractivity contribution in [1.82, 2.24) is 10.2 Å². The molecule has 1 saturated heterocycles. The van der Waals surface area contributed by atoms with E-state index >= 15 is 0 Å². The van der Waals surface area contributed by atoms with E-state index in [0.717, 1.165) is 32.1 Å². The van der Waals surface area contributed by atoms with Gasteiger partial charge in [-0.15, -0.1) is 0 Å². The molecule has 96 valence electrons. The quantitative estimate of drug-likeness (QED) is 0.791. The molecule has 17 heavy (non-hydrogen) atoms. The van der Waals surface area contributed by atoms with Crippen LogP contribution in [0, 0.1) is 0 Å². The van der Waals surface area contributed by atoms with E-state index in [2.05, 4.69) is 5.32 Å². The van der Waals surface area contributed by atoms with Crippen LogP contribution >= 0.6 is 0 Å². The molecule has 4 heteroatoms. The fourth-order valence-corrected chi connectivity index (χ4v) is 2.98. The maximum absolute atomic E-state index is 12.6. The Morgan fingerprint density at radius 2 is 1.82 bits per heavy atom. The Kier molecular flexibility index (Phi) is 2.92. The second-order valence-corrected chi connectivity index (χ2v) is 5.76. The smallest absolute Gasteiger partial charge is 0.249 e. The summed E-state index contributed by atoms with van der Waals surface area (Å²) in [5, 5.41) is 2.99. The highest BCUT2D eigenvalue weighted by molar-refractivity contribution is 6.02. The molecular formula is C13H22N2O2. The van der Waals surface area contributed by atoms with Crippen molar-refractivity contribution in [2.45, 2.75) is 64.0 Å². The molecule has 1 aliphatic heterocycles. The summed E-state index contributed by atoms with van der Waals surface area (Å²) in [5.74, 6) is 0.119. The number of piperazine rings is 1. The Bertz CT molecular complexity index is 343. The maximum Gasteiger partial charge on any atom is 0.249 e. The molecule has 1 saturated carbocycles. The average molecular weight is 238 g/mol. The minimum atomic E-state index is -0.707. The van der Waals surface area contributed by atoms with E-state index < -0.39 is 11.1 Å². The lowest BCUT2D eigenvalue weighted by molar-refractivity contribution is -0.160. The average Bonchev–Trinajstić information content (AvgIpc) is 2.72. The number of amides is 2. The van der Waals surface area contributed by atoms with Gasteiger partial charge in [-0.05, 0) is 33.1 Å². The first-order valence-electron chi connectivity index (χ1n) is 6.59. The number of nitrogens with one attached hydrogen (secondary N) is 1. The van der Waals surface area contributed by atoms with Gasteiger partial charge in [0.1, 0.15) is 11.1 Å². The zero-order chi connectivity index (χ0) is 12.7. The van der Waals surface area contributed by atoms with Gasteiger partial charge in [0.05, 0.1) is 0 Å². The molecule has 1 spiro atoms. The molecule has 0 unspecified atom stereocenters. The molecule has 1 heterocycles. The highest BCUT2D eigenvalue weighted by Crippen LogP contribution is 2.37. The van der Waals surface area contributed by atoms with Crippen molar-refractivity contribution in [2.24, 2.45) is 0 Å². The molecular weight excluding hydrogens is 216 g/mol. The molecule has 0 radical (unpaired) electrons. The second kappa shape index (κ2) is 4.00. The Labute approximate surface area is 103 Å². The molecule has 0 aromatic carbocycles. The van der Waals surface area contributed by atoms with Gasteiger partial charge in [0, 0.05) is 6.54 Å². The van der Waals surface area contributed by atoms with Crippen LogP contribution in [-0.4, -0.2) is 34.3 Å². The number of rotatable bonds is 2. The molecule has 2 rings (SSSR count). The normalized spacial score (nSPS) is 26.4. The monoisotopic (exact) mass is 238 g/mol. The Morgan fingerprint density at radius 1 is 1.24 bits per heavy atom. The molecule has 2 fully saturated rings. The zero-order valence-corrected chi connectivity index (χ0v) is 11.0. The summed E-state index contributed by atoms with van der Waals surface area (Å²) in [6.07, 6.45) is 4.55. The fraction of sp³-hybridized carbons (Fsp3) is 0.846. The van der Waals surface area contributed by atoms with Gasteiger partial charge in [0.15, 0.2) is 0 Å². The zero-order valence-electron chi connectivity index (χ0n) is 11.0. The summed E-state index contributed by atoms with van der Waals surface area (Å²) in [7, 11) is 0. The van der Waals surface area contributed by atoms with Gasteiger partial charge in [-0.2, -0.15) is 0 Å². The fourth-order valence-electron chi connectivity index (χ4n) is 2.98. The van der Waals surface area contributed by atoms with Gasteiger partial charge in [0.25, 0.3) is 0 Å². The maximum atomic E-state index is 12.6. The SMILES string of the molecule is CCCN1C(=O)C2(CCCC2)NC(=O)C1(C)C. The lowest BCUT2D eigenvalue weighted by atomic mass is 9.86. The topological polar surface area (TPSA) is 49.4 Å². The Hall–Kier alpha value is -1.06. The number of carbonyl (C=O) groups is 2. The van der Waals surface area contributed by atoms with Crippen molar-refractivity contribution < 1.29 is 9.59 Å². The first kappa shape index (κ1) is 12.4. The van der Waals surface area contributed by atoms with Crippen molar-refractivity contribution in [3.8, 4) is 0 Å². The number of nitrogens with zero attached hydrogens (tertiary/aromatic N) is 1. The lowest BCUT2D eigenvalue weighted by Crippen LogP contribution is -2.73. The molecule has 0 aromatic rings. The number of hydrogen-bond acceptors (Lipinski definition) is 2. The van der Waals surface area contributed by atoms with E-state index in [4.69, 9.17) is 0 Å². The predicted octanol–water partition coefficient (Wildman–Crippen LogP) is 1.45. The third-order valence-corrected chi connectivity index (χ3v) is 4.14. The number of carbonyl (C=O) groups excluding carboxylic acids is 2. The van der Waals surface area contributed by atoms with Gasteiger partial charge in [-0.3, -0.25) is 9.59 Å². The van der Waals surface area contributed by atoms with Gasteiger partial charge >= 0.3 is 0 Å². The van der Waals surface area contributed by atoms with E-state index in [1.165, 1.54) is 0 Å². The molecule has 1 N–H and O–H groups in total. The Morgan fingerprint density at radius 3 is 2.35 bits per heavy atom. The van der Waals surface area contributed by atoms with E-state index in [-0.39, 0.29) is 11.8 Å². The van der Waals surface area contributed by atoms with Crippen LogP contribution in [0.2, 0.25) is 0 Å². The van der Waals surface area contributed by atoms with Gasteiger partial charge in [-0.1, -0.05) is 19.8 Å². The van der Waals surface area contributed by atoms with E-state index in [1.54, 1.807) is 4.90 Å². The van der Waals surface area contributed by atoms with Crippen molar-refractivity contribution in [3.63, 3.8) is 0 Å². The summed E-state index contributed by atoms with van der Waals surface area (Å²) in [6, 6.07) is 0. The standard InChI is InChI=1S/C13H22N2O2/c1-4-9-15-11(17)13(7-5-6-8-13)14-10(16)12(15,2)3/h4-9H2,1-3H3,(H,14,16). The van der Waals surface area contributed by atoms with Crippen molar-refractivity contribution in [1.29, 1.82) is 0 Å². The summed E-state index contributed by atoms with van der Waals surface area (Å²) >= 11 is 0. The van der Waals surface area contributed by atoms with Crippen LogP contribution in [0.15, 0.2) is 0 Å². The molecule has 1 aliphatic carbocycles. The molecule has 0 aromatic heterocycles. The van der Waals surface area contributed by atoms with Crippen LogP contribution in [0.5, 0.6) is 0 Å². The highest BCUT2D eigenvalue weighted by Gasteiger charge is 2.54. The van der Waals surface area contributed by atoms with Crippen LogP contribution in [0.3, 0.4) is 0 Å². The van der Waals surface area contributed by atoms with E-state index in [0.29, 0.717) is 6.54 Å². The van der Waals surface area contributed by atoms with Crippen molar-refractivity contribution in [2.75, 3.05) is 6.54 Å². The molecule has 0 bridgehead atoms. The second-order valence-electron chi connectivity index (χ2n) is 5.76.